The van der Waals surface area contributed by atoms with Crippen LogP contribution in [0.15, 0.2) is 16.0 Å². The number of hydrogen-bond acceptors (Lipinski definition) is 13. The van der Waals surface area contributed by atoms with Gasteiger partial charge < -0.3 is 50.8 Å². The molecular weight excluding hydrogens is 464 g/mol. The van der Waals surface area contributed by atoms with Gasteiger partial charge in [0.25, 0.3) is 0 Å². The van der Waals surface area contributed by atoms with E-state index in [4.69, 9.17) is 35.4 Å². The van der Waals surface area contributed by atoms with E-state index in [9.17, 15) is 15.3 Å². The molecule has 13 nitrogen and oxygen atoms in total. The van der Waals surface area contributed by atoms with Gasteiger partial charge in [0.15, 0.2) is 0 Å². The molecule has 0 aromatic carbocycles. The molecule has 15 heteroatoms. The van der Waals surface area contributed by atoms with E-state index < -0.39 is 18.3 Å². The van der Waals surface area contributed by atoms with Gasteiger partial charge in [-0.2, -0.15) is 0 Å². The van der Waals surface area contributed by atoms with E-state index in [2.05, 4.69) is 0 Å². The Morgan fingerprint density at radius 2 is 0.692 bits per heavy atom. The smallest absolute Gasteiger partial charge is 0.852 e. The number of hydrogen-bond donors (Lipinski definition) is 1. The molecule has 0 saturated heterocycles. The van der Waals surface area contributed by atoms with Crippen LogP contribution in [0, 0.1) is 30.3 Å². The zero-order valence-corrected chi connectivity index (χ0v) is 18.6. The van der Waals surface area contributed by atoms with Crippen LogP contribution in [0.2, 0.25) is 0 Å². The van der Waals surface area contributed by atoms with Crippen LogP contribution in [-0.2, 0) is 19.5 Å². The summed E-state index contributed by atoms with van der Waals surface area (Å²) in [5.74, 6) is 0. The molecule has 0 rings (SSSR count). The summed E-state index contributed by atoms with van der Waals surface area (Å²) in [6, 6.07) is 0. The zero-order valence-electron chi connectivity index (χ0n) is 15.8. The average molecular weight is 491 g/mol. The summed E-state index contributed by atoms with van der Waals surface area (Å²) >= 11 is 0. The molecule has 0 aliphatic heterocycles. The van der Waals surface area contributed by atoms with Gasteiger partial charge in [-0.05, 0) is 6.92 Å². The van der Waals surface area contributed by atoms with Gasteiger partial charge >= 0.3 is 36.8 Å². The summed E-state index contributed by atoms with van der Waals surface area (Å²) < 4.78 is 0. The molecule has 0 aliphatic carbocycles. The van der Waals surface area contributed by atoms with E-state index in [1.807, 2.05) is 0 Å². The number of rotatable bonds is 0. The molecule has 0 atom stereocenters. The Labute approximate surface area is 177 Å². The monoisotopic (exact) mass is 491 g/mol. The van der Waals surface area contributed by atoms with E-state index in [0.29, 0.717) is 0 Å². The van der Waals surface area contributed by atoms with Crippen molar-refractivity contribution < 1.29 is 39.9 Å². The second-order valence-corrected chi connectivity index (χ2v) is 3.69. The molecular formula is C11H27AlN3O10Rh. The first kappa shape index (κ1) is 56.2. The van der Waals surface area contributed by atoms with E-state index in [-0.39, 0.29) is 43.4 Å². The van der Waals surface area contributed by atoms with Crippen LogP contribution in [0.1, 0.15) is 48.5 Å². The summed E-state index contributed by atoms with van der Waals surface area (Å²) in [7, 11) is 0. The Hall–Kier alpha value is -0.804. The summed E-state index contributed by atoms with van der Waals surface area (Å²) in [6.45, 7) is 11.6. The SMILES string of the molecule is CC(C)[O-].CC(C)[O-].CC(C)[O-].CCO.O=N[O-].O=N[O-].O=N[O-].[Al+3].[Rh+3]. The summed E-state index contributed by atoms with van der Waals surface area (Å²) in [5.41, 5.74) is 0. The molecule has 0 aromatic rings. The van der Waals surface area contributed by atoms with Gasteiger partial charge in [0.05, 0.1) is 0 Å². The van der Waals surface area contributed by atoms with Crippen molar-refractivity contribution in [3.63, 3.8) is 0 Å². The molecule has 1 N–H and O–H groups in total. The van der Waals surface area contributed by atoms with Gasteiger partial charge in [-0.3, -0.25) is 0 Å². The third-order valence-corrected chi connectivity index (χ3v) is 0. The maximum atomic E-state index is 9.53. The topological polar surface area (TPSA) is 247 Å². The van der Waals surface area contributed by atoms with Crippen LogP contribution in [0.4, 0.5) is 0 Å². The maximum absolute atomic E-state index is 9.53. The molecule has 26 heavy (non-hydrogen) atoms. The molecule has 158 valence electrons. The quantitative estimate of drug-likeness (QED) is 0.261. The van der Waals surface area contributed by atoms with Crippen LogP contribution in [-0.4, -0.2) is 47.4 Å². The Balaban J connectivity index is -0.0000000184. The minimum Gasteiger partial charge on any atom is -0.852 e. The van der Waals surface area contributed by atoms with E-state index in [0.717, 1.165) is 16.0 Å². The van der Waals surface area contributed by atoms with E-state index in [1.165, 1.54) is 0 Å². The van der Waals surface area contributed by atoms with Crippen LogP contribution in [0.3, 0.4) is 0 Å². The Kier molecular flexibility index (Phi) is 189. The van der Waals surface area contributed by atoms with Crippen molar-refractivity contribution in [3.05, 3.63) is 30.3 Å². The fourth-order valence-corrected chi connectivity index (χ4v) is 0. The molecule has 0 fully saturated rings. The van der Waals surface area contributed by atoms with Crippen molar-refractivity contribution in [1.82, 2.24) is 0 Å². The third kappa shape index (κ3) is 17700. The van der Waals surface area contributed by atoms with Crippen molar-refractivity contribution in [2.75, 3.05) is 6.61 Å². The third-order valence-electron chi connectivity index (χ3n) is 0. The van der Waals surface area contributed by atoms with Crippen LogP contribution >= 0.6 is 0 Å². The molecule has 0 radical (unpaired) electrons. The van der Waals surface area contributed by atoms with Gasteiger partial charge in [-0.1, -0.05) is 41.5 Å². The van der Waals surface area contributed by atoms with Gasteiger partial charge in [0, 0.05) is 6.61 Å². The maximum Gasteiger partial charge on any atom is 3.00 e. The van der Waals surface area contributed by atoms with Crippen molar-refractivity contribution in [3.8, 4) is 0 Å². The van der Waals surface area contributed by atoms with Crippen molar-refractivity contribution in [2.45, 2.75) is 66.8 Å². The molecule has 0 spiro atoms. The van der Waals surface area contributed by atoms with Crippen molar-refractivity contribution >= 4 is 17.4 Å². The molecule has 0 aromatic heterocycles. The summed E-state index contributed by atoms with van der Waals surface area (Å²) in [6.07, 6.45) is -1.25. The Morgan fingerprint density at radius 3 is 0.692 bits per heavy atom. The molecule has 0 aliphatic rings. The fourth-order valence-electron chi connectivity index (χ4n) is 0. The predicted molar refractivity (Wildman–Crippen MR) is 91.4 cm³/mol. The minimum atomic E-state index is -0.417. The molecule has 0 saturated carbocycles. The second-order valence-electron chi connectivity index (χ2n) is 3.69. The zero-order chi connectivity index (χ0) is 21.6. The molecule has 0 bridgehead atoms. The average Bonchev–Trinajstić information content (AvgIpc) is 2.29. The molecule has 0 unspecified atom stereocenters. The van der Waals surface area contributed by atoms with Gasteiger partial charge in [0.1, 0.15) is 0 Å². The Morgan fingerprint density at radius 1 is 0.692 bits per heavy atom. The van der Waals surface area contributed by atoms with Crippen LogP contribution < -0.4 is 15.3 Å². The first-order valence-corrected chi connectivity index (χ1v) is 6.29. The normalized spacial score (nSPS) is 6.23. The fraction of sp³-hybridized carbons (Fsp3) is 1.00. The first-order valence-electron chi connectivity index (χ1n) is 6.29. The standard InChI is InChI=1S/3C3H7O.C2H6O.Al.3HNO2.Rh/c3*1-3(2)4;1-2-3;;3*2-1-3;/h3*3H,1-2H3;3H,2H2,1H3;;3*(H,2,3);/q3*-1;;+3;;;;+3/p-3. The number of aliphatic hydroxyl groups excluding tert-OH is 1. The first-order chi connectivity index (χ1) is 10.9. The minimum absolute atomic E-state index is 0. The van der Waals surface area contributed by atoms with Crippen LogP contribution in [0.5, 0.6) is 0 Å². The van der Waals surface area contributed by atoms with E-state index >= 15 is 0 Å². The summed E-state index contributed by atoms with van der Waals surface area (Å²) in [4.78, 5) is 24.0. The molecule has 0 heterocycles. The summed E-state index contributed by atoms with van der Waals surface area (Å²) in [5, 5.41) is 63.2. The van der Waals surface area contributed by atoms with Gasteiger partial charge in [-0.15, -0.1) is 34.3 Å². The predicted octanol–water partition coefficient (Wildman–Crippen LogP) is -0.368. The Bertz CT molecular complexity index is 159. The van der Waals surface area contributed by atoms with Gasteiger partial charge in [0.2, 0.25) is 0 Å². The molecule has 0 amide bonds. The number of nitrogens with zero attached hydrogens (tertiary/aromatic N) is 3. The number of aliphatic hydroxyl groups is 1. The van der Waals surface area contributed by atoms with E-state index in [1.54, 1.807) is 48.5 Å². The van der Waals surface area contributed by atoms with Crippen molar-refractivity contribution in [1.29, 1.82) is 0 Å². The largest absolute Gasteiger partial charge is 3.00 e. The van der Waals surface area contributed by atoms with Crippen molar-refractivity contribution in [2.24, 2.45) is 16.0 Å². The second kappa shape index (κ2) is 87.5. The van der Waals surface area contributed by atoms with Crippen LogP contribution in [0.25, 0.3) is 0 Å². The van der Waals surface area contributed by atoms with Gasteiger partial charge in [-0.25, -0.2) is 0 Å².